The van der Waals surface area contributed by atoms with E-state index in [1.807, 2.05) is 29.1 Å². The summed E-state index contributed by atoms with van der Waals surface area (Å²) in [7, 11) is 0. The van der Waals surface area contributed by atoms with E-state index in [9.17, 15) is 14.4 Å². The molecule has 1 aromatic heterocycles. The summed E-state index contributed by atoms with van der Waals surface area (Å²) < 4.78 is 7.62. The molecule has 0 bridgehead atoms. The molecule has 0 saturated carbocycles. The van der Waals surface area contributed by atoms with Gasteiger partial charge in [0.2, 0.25) is 0 Å². The van der Waals surface area contributed by atoms with Gasteiger partial charge in [-0.05, 0) is 55.9 Å². The average molecular weight is 485 g/mol. The van der Waals surface area contributed by atoms with Crippen molar-refractivity contribution in [2.75, 3.05) is 13.2 Å². The Morgan fingerprint density at radius 1 is 1.03 bits per heavy atom. The molecule has 1 saturated heterocycles. The Labute approximate surface area is 209 Å². The molecule has 3 heterocycles. The van der Waals surface area contributed by atoms with E-state index in [-0.39, 0.29) is 42.0 Å². The van der Waals surface area contributed by atoms with Crippen molar-refractivity contribution in [1.29, 1.82) is 0 Å². The normalized spacial score (nSPS) is 20.9. The topological polar surface area (TPSA) is 93.5 Å². The van der Waals surface area contributed by atoms with E-state index >= 15 is 0 Å². The van der Waals surface area contributed by atoms with Crippen molar-refractivity contribution in [3.63, 3.8) is 0 Å². The van der Waals surface area contributed by atoms with Crippen molar-refractivity contribution in [2.45, 2.75) is 50.8 Å². The minimum absolute atomic E-state index is 0.113. The van der Waals surface area contributed by atoms with Crippen LogP contribution in [0.1, 0.15) is 79.6 Å². The van der Waals surface area contributed by atoms with Crippen molar-refractivity contribution >= 4 is 17.7 Å². The molecule has 0 spiro atoms. The number of benzene rings is 2. The molecule has 3 amide bonds. The first-order valence-electron chi connectivity index (χ1n) is 12.6. The highest BCUT2D eigenvalue weighted by molar-refractivity contribution is 6.22. The van der Waals surface area contributed by atoms with Crippen LogP contribution >= 0.6 is 0 Å². The first-order chi connectivity index (χ1) is 17.6. The van der Waals surface area contributed by atoms with Crippen molar-refractivity contribution in [3.8, 4) is 0 Å². The number of carbonyl (C=O) groups excluding carboxylic acids is 3. The molecule has 3 aromatic rings. The summed E-state index contributed by atoms with van der Waals surface area (Å²) in [6.07, 6.45) is 6.22. The number of imide groups is 1. The molecule has 8 nitrogen and oxygen atoms in total. The standard InChI is InChI=1S/C28H28N4O4/c33-26(19-11-12-21-22(14-19)28(35)31(27(21)34)17-20-8-5-13-36-20)30-24-9-4-10-25-23(24)15-29-32(25)16-18-6-2-1-3-7-18/h1-3,6-7,11-12,14-15,20,24H,4-5,8-10,13,16-17H2,(H,30,33). The number of ether oxygens (including phenoxy) is 1. The number of fused-ring (bicyclic) bond motifs is 2. The number of carbonyl (C=O) groups is 3. The van der Waals surface area contributed by atoms with Crippen molar-refractivity contribution in [2.24, 2.45) is 0 Å². The Balaban J connectivity index is 1.18. The second kappa shape index (κ2) is 9.35. The zero-order chi connectivity index (χ0) is 24.6. The third-order valence-electron chi connectivity index (χ3n) is 7.39. The molecule has 3 aliphatic rings. The summed E-state index contributed by atoms with van der Waals surface area (Å²) in [6, 6.07) is 14.8. The summed E-state index contributed by atoms with van der Waals surface area (Å²) in [5.41, 5.74) is 4.37. The number of amides is 3. The van der Waals surface area contributed by atoms with E-state index < -0.39 is 0 Å². The van der Waals surface area contributed by atoms with Gasteiger partial charge in [-0.15, -0.1) is 0 Å². The lowest BCUT2D eigenvalue weighted by Crippen LogP contribution is -2.36. The molecular weight excluding hydrogens is 456 g/mol. The molecule has 2 aromatic carbocycles. The fourth-order valence-corrected chi connectivity index (χ4v) is 5.49. The summed E-state index contributed by atoms with van der Waals surface area (Å²) in [6.45, 7) is 1.61. The van der Waals surface area contributed by atoms with Gasteiger partial charge in [-0.1, -0.05) is 30.3 Å². The quantitative estimate of drug-likeness (QED) is 0.541. The van der Waals surface area contributed by atoms with E-state index in [1.165, 1.54) is 10.5 Å². The third kappa shape index (κ3) is 4.11. The predicted octanol–water partition coefficient (Wildman–Crippen LogP) is 3.51. The van der Waals surface area contributed by atoms with Crippen LogP contribution in [0.25, 0.3) is 0 Å². The second-order valence-electron chi connectivity index (χ2n) is 9.72. The van der Waals surface area contributed by atoms with Crippen LogP contribution < -0.4 is 5.32 Å². The molecule has 2 atom stereocenters. The Morgan fingerprint density at radius 2 is 1.86 bits per heavy atom. The smallest absolute Gasteiger partial charge is 0.261 e. The maximum absolute atomic E-state index is 13.2. The van der Waals surface area contributed by atoms with Gasteiger partial charge in [0.15, 0.2) is 0 Å². The van der Waals surface area contributed by atoms with E-state index in [1.54, 1.807) is 18.2 Å². The first kappa shape index (κ1) is 22.7. The number of nitrogens with one attached hydrogen (secondary N) is 1. The summed E-state index contributed by atoms with van der Waals surface area (Å²) in [4.78, 5) is 40.2. The van der Waals surface area contributed by atoms with Gasteiger partial charge in [-0.2, -0.15) is 5.10 Å². The molecule has 0 radical (unpaired) electrons. The molecule has 1 fully saturated rings. The van der Waals surface area contributed by atoms with Gasteiger partial charge in [0, 0.05) is 23.4 Å². The largest absolute Gasteiger partial charge is 0.376 e. The molecule has 2 aliphatic heterocycles. The molecule has 6 rings (SSSR count). The van der Waals surface area contributed by atoms with Crippen LogP contribution in [0.5, 0.6) is 0 Å². The maximum atomic E-state index is 13.2. The Hall–Kier alpha value is -3.78. The fraction of sp³-hybridized carbons (Fsp3) is 0.357. The van der Waals surface area contributed by atoms with Gasteiger partial charge >= 0.3 is 0 Å². The van der Waals surface area contributed by atoms with Crippen molar-refractivity contribution in [1.82, 2.24) is 20.0 Å². The van der Waals surface area contributed by atoms with Gasteiger partial charge in [-0.25, -0.2) is 0 Å². The number of nitrogens with zero attached hydrogens (tertiary/aromatic N) is 3. The van der Waals surface area contributed by atoms with Crippen molar-refractivity contribution in [3.05, 3.63) is 88.2 Å². The lowest BCUT2D eigenvalue weighted by molar-refractivity contribution is 0.0475. The third-order valence-corrected chi connectivity index (χ3v) is 7.39. The van der Waals surface area contributed by atoms with Gasteiger partial charge in [0.25, 0.3) is 17.7 Å². The number of rotatable bonds is 6. The van der Waals surface area contributed by atoms with E-state index in [0.717, 1.165) is 43.4 Å². The zero-order valence-electron chi connectivity index (χ0n) is 20.0. The molecule has 184 valence electrons. The number of hydrogen-bond donors (Lipinski definition) is 1. The Kier molecular flexibility index (Phi) is 5.89. The average Bonchev–Trinajstić information content (AvgIpc) is 3.62. The number of aromatic nitrogens is 2. The molecule has 8 heteroatoms. The zero-order valence-corrected chi connectivity index (χ0v) is 20.0. The summed E-state index contributed by atoms with van der Waals surface area (Å²) in [5, 5.41) is 7.74. The molecule has 1 N–H and O–H groups in total. The second-order valence-corrected chi connectivity index (χ2v) is 9.72. The van der Waals surface area contributed by atoms with Gasteiger partial charge in [0.1, 0.15) is 0 Å². The minimum atomic E-state index is -0.359. The minimum Gasteiger partial charge on any atom is -0.376 e. The first-order valence-corrected chi connectivity index (χ1v) is 12.6. The molecule has 36 heavy (non-hydrogen) atoms. The summed E-state index contributed by atoms with van der Waals surface area (Å²) >= 11 is 0. The highest BCUT2D eigenvalue weighted by atomic mass is 16.5. The highest BCUT2D eigenvalue weighted by Gasteiger charge is 2.38. The summed E-state index contributed by atoms with van der Waals surface area (Å²) in [5.74, 6) is -0.938. The van der Waals surface area contributed by atoms with E-state index in [0.29, 0.717) is 24.3 Å². The molecule has 2 unspecified atom stereocenters. The predicted molar refractivity (Wildman–Crippen MR) is 132 cm³/mol. The maximum Gasteiger partial charge on any atom is 0.261 e. The van der Waals surface area contributed by atoms with Crippen LogP contribution in [0, 0.1) is 0 Å². The van der Waals surface area contributed by atoms with Crippen molar-refractivity contribution < 1.29 is 19.1 Å². The SMILES string of the molecule is O=C(NC1CCCc2c1cnn2Cc1ccccc1)c1ccc2c(c1)C(=O)N(CC1CCCO1)C2=O. The van der Waals surface area contributed by atoms with Gasteiger partial charge in [-0.3, -0.25) is 24.0 Å². The molecule has 1 aliphatic carbocycles. The fourth-order valence-electron chi connectivity index (χ4n) is 5.49. The van der Waals surface area contributed by atoms with Crippen LogP contribution in [-0.2, 0) is 17.7 Å². The van der Waals surface area contributed by atoms with Crippen LogP contribution in [-0.4, -0.2) is 51.7 Å². The van der Waals surface area contributed by atoms with Crippen LogP contribution in [0.15, 0.2) is 54.7 Å². The lowest BCUT2D eigenvalue weighted by Gasteiger charge is -2.24. The lowest BCUT2D eigenvalue weighted by atomic mass is 9.92. The Morgan fingerprint density at radius 3 is 2.67 bits per heavy atom. The highest BCUT2D eigenvalue weighted by Crippen LogP contribution is 2.31. The van der Waals surface area contributed by atoms with Crippen LogP contribution in [0.4, 0.5) is 0 Å². The molecular formula is C28H28N4O4. The van der Waals surface area contributed by atoms with Gasteiger partial charge in [0.05, 0.1) is 42.6 Å². The Bertz CT molecular complexity index is 1330. The van der Waals surface area contributed by atoms with E-state index in [2.05, 4.69) is 22.5 Å². The monoisotopic (exact) mass is 484 g/mol. The number of hydrogen-bond acceptors (Lipinski definition) is 5. The van der Waals surface area contributed by atoms with E-state index in [4.69, 9.17) is 4.74 Å². The van der Waals surface area contributed by atoms with Crippen LogP contribution in [0.3, 0.4) is 0 Å². The van der Waals surface area contributed by atoms with Gasteiger partial charge < -0.3 is 10.1 Å². The van der Waals surface area contributed by atoms with Crippen LogP contribution in [0.2, 0.25) is 0 Å².